The van der Waals surface area contributed by atoms with E-state index in [-0.39, 0.29) is 5.41 Å². The Bertz CT molecular complexity index is 504. The molecule has 1 nitrogen and oxygen atoms in total. The van der Waals surface area contributed by atoms with E-state index in [1.54, 1.807) is 0 Å². The number of allylic oxidation sites excluding steroid dienone is 3. The second kappa shape index (κ2) is 4.93. The summed E-state index contributed by atoms with van der Waals surface area (Å²) in [6, 6.07) is 10.3. The number of benzene rings is 1. The fourth-order valence-corrected chi connectivity index (χ4v) is 2.63. The van der Waals surface area contributed by atoms with Gasteiger partial charge in [-0.2, -0.15) is 0 Å². The van der Waals surface area contributed by atoms with E-state index in [1.807, 2.05) is 18.2 Å². The van der Waals surface area contributed by atoms with Gasteiger partial charge in [0.05, 0.1) is 0 Å². The molecule has 0 unspecified atom stereocenters. The summed E-state index contributed by atoms with van der Waals surface area (Å²) in [7, 11) is 0. The van der Waals surface area contributed by atoms with Gasteiger partial charge in [0.1, 0.15) is 6.29 Å². The van der Waals surface area contributed by atoms with Crippen LogP contribution in [0.4, 0.5) is 0 Å². The standard InChI is InChI=1S/C17H20O/c1-13-15(11-14-7-5-4-6-8-14)9-10-17(2,3)16(13)12-18/h4-8,11-12H,9-10H2,1-3H3/b15-11-. The second-order valence-electron chi connectivity index (χ2n) is 5.62. The summed E-state index contributed by atoms with van der Waals surface area (Å²) in [6.45, 7) is 6.37. The molecule has 0 fully saturated rings. The first-order chi connectivity index (χ1) is 8.54. The second-order valence-corrected chi connectivity index (χ2v) is 5.62. The van der Waals surface area contributed by atoms with Gasteiger partial charge in [0.25, 0.3) is 0 Å². The molecule has 0 atom stereocenters. The minimum atomic E-state index is 0.0138. The third-order valence-electron chi connectivity index (χ3n) is 3.89. The van der Waals surface area contributed by atoms with Crippen molar-refractivity contribution in [3.05, 3.63) is 52.6 Å². The van der Waals surface area contributed by atoms with Crippen molar-refractivity contribution in [2.75, 3.05) is 0 Å². The Labute approximate surface area is 109 Å². The van der Waals surface area contributed by atoms with Crippen molar-refractivity contribution in [3.8, 4) is 0 Å². The first-order valence-corrected chi connectivity index (χ1v) is 6.47. The molecule has 2 rings (SSSR count). The first kappa shape index (κ1) is 12.8. The molecule has 1 aromatic carbocycles. The highest BCUT2D eigenvalue weighted by molar-refractivity contribution is 5.80. The van der Waals surface area contributed by atoms with Crippen molar-refractivity contribution in [1.29, 1.82) is 0 Å². The molecule has 1 aromatic rings. The van der Waals surface area contributed by atoms with E-state index in [4.69, 9.17) is 0 Å². The third kappa shape index (κ3) is 2.45. The summed E-state index contributed by atoms with van der Waals surface area (Å²) in [6.07, 6.45) is 5.32. The summed E-state index contributed by atoms with van der Waals surface area (Å²) in [5.41, 5.74) is 4.63. The molecule has 94 valence electrons. The van der Waals surface area contributed by atoms with Gasteiger partial charge in [-0.05, 0) is 41.9 Å². The van der Waals surface area contributed by atoms with Crippen molar-refractivity contribution in [2.45, 2.75) is 33.6 Å². The van der Waals surface area contributed by atoms with Crippen LogP contribution in [-0.4, -0.2) is 6.29 Å². The lowest BCUT2D eigenvalue weighted by Gasteiger charge is -2.32. The van der Waals surface area contributed by atoms with E-state index >= 15 is 0 Å². The molecule has 18 heavy (non-hydrogen) atoms. The highest BCUT2D eigenvalue weighted by atomic mass is 16.1. The molecule has 0 aromatic heterocycles. The summed E-state index contributed by atoms with van der Waals surface area (Å²) >= 11 is 0. The lowest BCUT2D eigenvalue weighted by atomic mass is 9.71. The molecule has 0 N–H and O–H groups in total. The van der Waals surface area contributed by atoms with Crippen LogP contribution in [0.5, 0.6) is 0 Å². The van der Waals surface area contributed by atoms with E-state index in [9.17, 15) is 4.79 Å². The van der Waals surface area contributed by atoms with Gasteiger partial charge >= 0.3 is 0 Å². The van der Waals surface area contributed by atoms with Crippen molar-refractivity contribution < 1.29 is 4.79 Å². The molecular weight excluding hydrogens is 220 g/mol. The largest absolute Gasteiger partial charge is 0.298 e. The smallest absolute Gasteiger partial charge is 0.146 e. The summed E-state index contributed by atoms with van der Waals surface area (Å²) in [5, 5.41) is 0. The number of hydrogen-bond donors (Lipinski definition) is 0. The Kier molecular flexibility index (Phi) is 3.51. The van der Waals surface area contributed by atoms with Crippen LogP contribution in [0, 0.1) is 5.41 Å². The summed E-state index contributed by atoms with van der Waals surface area (Å²) < 4.78 is 0. The van der Waals surface area contributed by atoms with Crippen LogP contribution in [0.25, 0.3) is 6.08 Å². The van der Waals surface area contributed by atoms with E-state index in [2.05, 4.69) is 39.0 Å². The fraction of sp³-hybridized carbons (Fsp3) is 0.353. The molecule has 0 heterocycles. The number of rotatable bonds is 2. The van der Waals surface area contributed by atoms with Crippen molar-refractivity contribution in [1.82, 2.24) is 0 Å². The lowest BCUT2D eigenvalue weighted by molar-refractivity contribution is -0.105. The maximum absolute atomic E-state index is 11.3. The summed E-state index contributed by atoms with van der Waals surface area (Å²) in [5.74, 6) is 0. The quantitative estimate of drug-likeness (QED) is 0.700. The molecule has 0 amide bonds. The van der Waals surface area contributed by atoms with Crippen LogP contribution in [0.2, 0.25) is 0 Å². The van der Waals surface area contributed by atoms with E-state index in [1.165, 1.54) is 11.1 Å². The van der Waals surface area contributed by atoms with E-state index in [0.29, 0.717) is 0 Å². The Hall–Kier alpha value is -1.63. The van der Waals surface area contributed by atoms with Crippen molar-refractivity contribution >= 4 is 12.4 Å². The van der Waals surface area contributed by atoms with Gasteiger partial charge in [-0.3, -0.25) is 4.79 Å². The minimum absolute atomic E-state index is 0.0138. The molecule has 1 aliphatic carbocycles. The molecule has 0 aliphatic heterocycles. The number of carbonyl (C=O) groups is 1. The molecule has 0 saturated heterocycles. The normalized spacial score (nSPS) is 21.2. The maximum atomic E-state index is 11.3. The highest BCUT2D eigenvalue weighted by Gasteiger charge is 2.30. The minimum Gasteiger partial charge on any atom is -0.298 e. The average molecular weight is 240 g/mol. The number of aldehydes is 1. The Morgan fingerprint density at radius 1 is 1.17 bits per heavy atom. The zero-order valence-corrected chi connectivity index (χ0v) is 11.4. The summed E-state index contributed by atoms with van der Waals surface area (Å²) in [4.78, 5) is 11.3. The van der Waals surface area contributed by atoms with Crippen LogP contribution in [-0.2, 0) is 4.79 Å². The Morgan fingerprint density at radius 3 is 2.44 bits per heavy atom. The molecular formula is C17H20O. The van der Waals surface area contributed by atoms with Gasteiger partial charge in [-0.1, -0.05) is 50.3 Å². The highest BCUT2D eigenvalue weighted by Crippen LogP contribution is 2.41. The van der Waals surface area contributed by atoms with Gasteiger partial charge in [0.15, 0.2) is 0 Å². The van der Waals surface area contributed by atoms with Gasteiger partial charge in [-0.25, -0.2) is 0 Å². The van der Waals surface area contributed by atoms with Gasteiger partial charge in [0.2, 0.25) is 0 Å². The topological polar surface area (TPSA) is 17.1 Å². The van der Waals surface area contributed by atoms with Crippen molar-refractivity contribution in [3.63, 3.8) is 0 Å². The van der Waals surface area contributed by atoms with Crippen molar-refractivity contribution in [2.24, 2.45) is 5.41 Å². The fourth-order valence-electron chi connectivity index (χ4n) is 2.63. The van der Waals surface area contributed by atoms with E-state index < -0.39 is 0 Å². The van der Waals surface area contributed by atoms with Gasteiger partial charge in [-0.15, -0.1) is 0 Å². The van der Waals surface area contributed by atoms with Gasteiger partial charge in [0, 0.05) is 5.57 Å². The predicted molar refractivity (Wildman–Crippen MR) is 76.2 cm³/mol. The molecule has 1 aliphatic rings. The van der Waals surface area contributed by atoms with E-state index in [0.717, 1.165) is 30.3 Å². The average Bonchev–Trinajstić information content (AvgIpc) is 2.34. The number of hydrogen-bond acceptors (Lipinski definition) is 1. The predicted octanol–water partition coefficient (Wildman–Crippen LogP) is 4.41. The molecule has 0 radical (unpaired) electrons. The molecule has 0 saturated carbocycles. The zero-order valence-electron chi connectivity index (χ0n) is 11.4. The van der Waals surface area contributed by atoms with Crippen LogP contribution < -0.4 is 0 Å². The molecule has 1 heteroatoms. The van der Waals surface area contributed by atoms with Crippen LogP contribution in [0.1, 0.15) is 39.2 Å². The maximum Gasteiger partial charge on any atom is 0.146 e. The van der Waals surface area contributed by atoms with Gasteiger partial charge < -0.3 is 0 Å². The third-order valence-corrected chi connectivity index (χ3v) is 3.89. The SMILES string of the molecule is CC1=C(C=O)C(C)(C)CC/C1=C/c1ccccc1. The van der Waals surface area contributed by atoms with Crippen LogP contribution in [0.15, 0.2) is 47.1 Å². The lowest BCUT2D eigenvalue weighted by Crippen LogP contribution is -2.22. The Morgan fingerprint density at radius 2 is 1.83 bits per heavy atom. The Balaban J connectivity index is 2.43. The monoisotopic (exact) mass is 240 g/mol. The molecule has 0 spiro atoms. The molecule has 0 bridgehead atoms. The zero-order chi connectivity index (χ0) is 13.2. The number of carbonyl (C=O) groups excluding carboxylic acids is 1. The van der Waals surface area contributed by atoms with Crippen LogP contribution in [0.3, 0.4) is 0 Å². The first-order valence-electron chi connectivity index (χ1n) is 6.47. The van der Waals surface area contributed by atoms with Crippen LogP contribution >= 0.6 is 0 Å².